The highest BCUT2D eigenvalue weighted by atomic mass is 16.4. The topological polar surface area (TPSA) is 74.6 Å². The Balaban J connectivity index is 2.45. The van der Waals surface area contributed by atoms with Crippen LogP contribution in [0.2, 0.25) is 0 Å². The Hall–Kier alpha value is -3.14. The Morgan fingerprint density at radius 2 is 1.26 bits per heavy atom. The van der Waals surface area contributed by atoms with Crippen molar-refractivity contribution in [2.45, 2.75) is 5.41 Å². The van der Waals surface area contributed by atoms with Crippen LogP contribution in [0.5, 0.6) is 0 Å². The van der Waals surface area contributed by atoms with E-state index in [1.807, 2.05) is 18.2 Å². The van der Waals surface area contributed by atoms with Crippen LogP contribution in [0.15, 0.2) is 72.8 Å². The van der Waals surface area contributed by atoms with Crippen LogP contribution < -0.4 is 0 Å². The van der Waals surface area contributed by atoms with Crippen LogP contribution in [0.4, 0.5) is 0 Å². The summed E-state index contributed by atoms with van der Waals surface area (Å²) in [5.74, 6) is -2.82. The molecule has 0 saturated heterocycles. The zero-order valence-corrected chi connectivity index (χ0v) is 12.1. The molecule has 0 aliphatic heterocycles. The highest BCUT2D eigenvalue weighted by Crippen LogP contribution is 2.37. The quantitative estimate of drug-likeness (QED) is 0.725. The predicted molar refractivity (Wildman–Crippen MR) is 86.4 cm³/mol. The van der Waals surface area contributed by atoms with Crippen molar-refractivity contribution in [3.63, 3.8) is 0 Å². The molecule has 0 saturated carbocycles. The first-order chi connectivity index (χ1) is 11.1. The fourth-order valence-electron chi connectivity index (χ4n) is 2.96. The molecule has 0 amide bonds. The number of carbonyl (C=O) groups is 2. The van der Waals surface area contributed by atoms with Crippen molar-refractivity contribution in [1.29, 1.82) is 0 Å². The minimum absolute atomic E-state index is 0.219. The maximum Gasteiger partial charge on any atom is 0.330 e. The molecule has 0 fully saturated rings. The fraction of sp³-hybridized carbons (Fsp3) is 0.0526. The number of hydrogen-bond acceptors (Lipinski definition) is 2. The molecule has 0 aliphatic carbocycles. The first kappa shape index (κ1) is 14.8. The molecule has 4 nitrogen and oxygen atoms in total. The van der Waals surface area contributed by atoms with Gasteiger partial charge in [0, 0.05) is 0 Å². The van der Waals surface area contributed by atoms with Crippen LogP contribution in [0.3, 0.4) is 0 Å². The SMILES string of the molecule is O=C(O)C(C(=O)O)(c1ccccc1)c1cccc2ccccc12. The first-order valence-corrected chi connectivity index (χ1v) is 7.09. The van der Waals surface area contributed by atoms with E-state index in [1.54, 1.807) is 42.5 Å². The molecule has 4 heteroatoms. The molecule has 0 aliphatic rings. The number of aliphatic carboxylic acids is 2. The molecule has 0 atom stereocenters. The molecule has 0 bridgehead atoms. The lowest BCUT2D eigenvalue weighted by atomic mass is 9.73. The second kappa shape index (κ2) is 5.57. The Kier molecular flexibility index (Phi) is 3.58. The summed E-state index contributed by atoms with van der Waals surface area (Å²) in [6.07, 6.45) is 0. The highest BCUT2D eigenvalue weighted by molar-refractivity contribution is 6.11. The average Bonchev–Trinajstić information content (AvgIpc) is 2.56. The summed E-state index contributed by atoms with van der Waals surface area (Å²) in [6.45, 7) is 0. The summed E-state index contributed by atoms with van der Waals surface area (Å²) in [4.78, 5) is 24.3. The summed E-state index contributed by atoms with van der Waals surface area (Å²) in [5.41, 5.74) is -1.68. The van der Waals surface area contributed by atoms with E-state index < -0.39 is 17.4 Å². The normalized spacial score (nSPS) is 11.3. The van der Waals surface area contributed by atoms with E-state index in [9.17, 15) is 19.8 Å². The zero-order chi connectivity index (χ0) is 16.4. The molecule has 23 heavy (non-hydrogen) atoms. The van der Waals surface area contributed by atoms with Gasteiger partial charge in [-0.3, -0.25) is 9.59 Å². The van der Waals surface area contributed by atoms with Crippen molar-refractivity contribution < 1.29 is 19.8 Å². The van der Waals surface area contributed by atoms with Crippen molar-refractivity contribution in [3.05, 3.63) is 83.9 Å². The second-order valence-electron chi connectivity index (χ2n) is 5.25. The standard InChI is InChI=1S/C19H14O4/c20-17(21)19(18(22)23,14-9-2-1-3-10-14)16-12-6-8-13-7-4-5-11-15(13)16/h1-12H,(H,20,21)(H,22,23). The van der Waals surface area contributed by atoms with Crippen molar-refractivity contribution >= 4 is 22.7 Å². The van der Waals surface area contributed by atoms with Gasteiger partial charge in [0.1, 0.15) is 0 Å². The Bertz CT molecular complexity index is 865. The number of fused-ring (bicyclic) bond motifs is 1. The number of carboxylic acids is 2. The molecule has 0 heterocycles. The molecule has 0 radical (unpaired) electrons. The molecule has 3 aromatic carbocycles. The van der Waals surface area contributed by atoms with Gasteiger partial charge < -0.3 is 10.2 Å². The van der Waals surface area contributed by atoms with Crippen LogP contribution in [-0.2, 0) is 15.0 Å². The van der Waals surface area contributed by atoms with Crippen molar-refractivity contribution in [2.24, 2.45) is 0 Å². The van der Waals surface area contributed by atoms with Gasteiger partial charge in [0.25, 0.3) is 0 Å². The van der Waals surface area contributed by atoms with Crippen molar-refractivity contribution in [2.75, 3.05) is 0 Å². The lowest BCUT2D eigenvalue weighted by Gasteiger charge is -2.27. The molecule has 0 spiro atoms. The fourth-order valence-corrected chi connectivity index (χ4v) is 2.96. The summed E-state index contributed by atoms with van der Waals surface area (Å²) < 4.78 is 0. The number of rotatable bonds is 4. The van der Waals surface area contributed by atoms with Gasteiger partial charge in [0.05, 0.1) is 0 Å². The molecular formula is C19H14O4. The molecule has 2 N–H and O–H groups in total. The maximum absolute atomic E-state index is 12.1. The van der Waals surface area contributed by atoms with E-state index in [1.165, 1.54) is 12.1 Å². The smallest absolute Gasteiger partial charge is 0.330 e. The summed E-state index contributed by atoms with van der Waals surface area (Å²) in [6, 6.07) is 20.3. The van der Waals surface area contributed by atoms with Crippen LogP contribution in [0.25, 0.3) is 10.8 Å². The minimum atomic E-state index is -2.15. The molecule has 3 aromatic rings. The van der Waals surface area contributed by atoms with Gasteiger partial charge in [-0.2, -0.15) is 0 Å². The van der Waals surface area contributed by atoms with Gasteiger partial charge in [-0.15, -0.1) is 0 Å². The summed E-state index contributed by atoms with van der Waals surface area (Å²) >= 11 is 0. The molecule has 114 valence electrons. The number of hydrogen-bond donors (Lipinski definition) is 2. The third kappa shape index (κ3) is 2.16. The number of benzene rings is 3. The van der Waals surface area contributed by atoms with Gasteiger partial charge in [-0.05, 0) is 21.9 Å². The Morgan fingerprint density at radius 1 is 0.696 bits per heavy atom. The van der Waals surface area contributed by atoms with E-state index in [4.69, 9.17) is 0 Å². The van der Waals surface area contributed by atoms with Gasteiger partial charge in [-0.1, -0.05) is 72.8 Å². The van der Waals surface area contributed by atoms with E-state index in [2.05, 4.69) is 0 Å². The Morgan fingerprint density at radius 3 is 1.91 bits per heavy atom. The third-order valence-corrected chi connectivity index (χ3v) is 4.04. The van der Waals surface area contributed by atoms with Gasteiger partial charge >= 0.3 is 11.9 Å². The van der Waals surface area contributed by atoms with E-state index in [0.29, 0.717) is 5.39 Å². The van der Waals surface area contributed by atoms with Crippen molar-refractivity contribution in [1.82, 2.24) is 0 Å². The zero-order valence-electron chi connectivity index (χ0n) is 12.1. The molecule has 0 aromatic heterocycles. The van der Waals surface area contributed by atoms with Crippen molar-refractivity contribution in [3.8, 4) is 0 Å². The van der Waals surface area contributed by atoms with Crippen LogP contribution >= 0.6 is 0 Å². The van der Waals surface area contributed by atoms with E-state index in [0.717, 1.165) is 5.39 Å². The Labute approximate surface area is 132 Å². The lowest BCUT2D eigenvalue weighted by molar-refractivity contribution is -0.155. The minimum Gasteiger partial charge on any atom is -0.480 e. The average molecular weight is 306 g/mol. The van der Waals surface area contributed by atoms with Crippen LogP contribution in [0, 0.1) is 0 Å². The highest BCUT2D eigenvalue weighted by Gasteiger charge is 2.50. The third-order valence-electron chi connectivity index (χ3n) is 4.04. The van der Waals surface area contributed by atoms with E-state index >= 15 is 0 Å². The first-order valence-electron chi connectivity index (χ1n) is 7.09. The van der Waals surface area contributed by atoms with E-state index in [-0.39, 0.29) is 11.1 Å². The lowest BCUT2D eigenvalue weighted by Crippen LogP contribution is -2.45. The van der Waals surface area contributed by atoms with Gasteiger partial charge in [0.2, 0.25) is 5.41 Å². The summed E-state index contributed by atoms with van der Waals surface area (Å²) in [7, 11) is 0. The van der Waals surface area contributed by atoms with Gasteiger partial charge in [0.15, 0.2) is 0 Å². The largest absolute Gasteiger partial charge is 0.480 e. The summed E-state index contributed by atoms with van der Waals surface area (Å²) in [5, 5.41) is 21.2. The molecule has 3 rings (SSSR count). The second-order valence-corrected chi connectivity index (χ2v) is 5.25. The van der Waals surface area contributed by atoms with Crippen LogP contribution in [-0.4, -0.2) is 22.2 Å². The maximum atomic E-state index is 12.1. The predicted octanol–water partition coefficient (Wildman–Crippen LogP) is 3.30. The van der Waals surface area contributed by atoms with Crippen LogP contribution in [0.1, 0.15) is 11.1 Å². The molecular weight excluding hydrogens is 292 g/mol. The molecule has 0 unspecified atom stereocenters. The monoisotopic (exact) mass is 306 g/mol. The van der Waals surface area contributed by atoms with Gasteiger partial charge in [-0.25, -0.2) is 0 Å². The number of carboxylic acid groups (broad SMARTS) is 2.